The minimum Gasteiger partial charge on any atom is -0.497 e. The number of carbonyl (C=O) groups excluding carboxylic acids is 2. The van der Waals surface area contributed by atoms with Gasteiger partial charge in [0.25, 0.3) is 11.9 Å². The zero-order valence-corrected chi connectivity index (χ0v) is 15.8. The number of rotatable bonds is 4. The topological polar surface area (TPSA) is 110 Å². The van der Waals surface area contributed by atoms with Crippen LogP contribution in [0.5, 0.6) is 5.75 Å². The molecule has 9 nitrogen and oxygen atoms in total. The lowest BCUT2D eigenvalue weighted by Gasteiger charge is -2.13. The Kier molecular flexibility index (Phi) is 5.35. The number of ether oxygens (including phenoxy) is 1. The first-order chi connectivity index (χ1) is 13.4. The molecule has 0 atom stereocenters. The van der Waals surface area contributed by atoms with Crippen molar-refractivity contribution in [1.29, 1.82) is 0 Å². The predicted molar refractivity (Wildman–Crippen MR) is 106 cm³/mol. The highest BCUT2D eigenvalue weighted by Crippen LogP contribution is 2.15. The van der Waals surface area contributed by atoms with Crippen molar-refractivity contribution in [2.75, 3.05) is 12.4 Å². The van der Waals surface area contributed by atoms with Crippen LogP contribution >= 0.6 is 0 Å². The van der Waals surface area contributed by atoms with E-state index in [2.05, 4.69) is 32.3 Å². The summed E-state index contributed by atoms with van der Waals surface area (Å²) in [6, 6.07) is 8.60. The molecular formula is C19H20N6O3. The molecule has 0 bridgehead atoms. The maximum absolute atomic E-state index is 12.3. The molecule has 144 valence electrons. The highest BCUT2D eigenvalue weighted by Gasteiger charge is 2.21. The van der Waals surface area contributed by atoms with Gasteiger partial charge in [0, 0.05) is 12.6 Å². The Morgan fingerprint density at radius 1 is 1.21 bits per heavy atom. The monoisotopic (exact) mass is 380 g/mol. The molecule has 0 aliphatic carbocycles. The molecule has 3 rings (SSSR count). The molecule has 2 N–H and O–H groups in total. The number of carbonyl (C=O) groups is 2. The van der Waals surface area contributed by atoms with Gasteiger partial charge in [-0.3, -0.25) is 10.1 Å². The number of hydrogen-bond acceptors (Lipinski definition) is 5. The van der Waals surface area contributed by atoms with Gasteiger partial charge in [-0.2, -0.15) is 14.8 Å². The highest BCUT2D eigenvalue weighted by molar-refractivity contribution is 6.27. The number of anilines is 1. The van der Waals surface area contributed by atoms with Gasteiger partial charge in [0.2, 0.25) is 0 Å². The third kappa shape index (κ3) is 4.14. The summed E-state index contributed by atoms with van der Waals surface area (Å²) in [5.74, 6) is 0.688. The predicted octanol–water partition coefficient (Wildman–Crippen LogP) is 2.28. The molecule has 0 fully saturated rings. The summed E-state index contributed by atoms with van der Waals surface area (Å²) in [6.45, 7) is 7.40. The minimum atomic E-state index is -0.481. The first-order valence-electron chi connectivity index (χ1n) is 8.50. The third-order valence-corrected chi connectivity index (χ3v) is 4.04. The van der Waals surface area contributed by atoms with Gasteiger partial charge in [-0.25, -0.2) is 9.79 Å². The number of aryl methyl sites for hydroxylation is 1. The van der Waals surface area contributed by atoms with Gasteiger partial charge < -0.3 is 10.1 Å². The lowest BCUT2D eigenvalue weighted by atomic mass is 10.2. The van der Waals surface area contributed by atoms with Gasteiger partial charge in [-0.1, -0.05) is 18.7 Å². The van der Waals surface area contributed by atoms with Crippen molar-refractivity contribution < 1.29 is 14.3 Å². The Morgan fingerprint density at radius 3 is 2.57 bits per heavy atom. The van der Waals surface area contributed by atoms with Crippen molar-refractivity contribution in [1.82, 2.24) is 15.1 Å². The number of aromatic nitrogens is 2. The van der Waals surface area contributed by atoms with Crippen LogP contribution < -0.4 is 15.4 Å². The Bertz CT molecular complexity index is 1000. The Morgan fingerprint density at radius 2 is 1.93 bits per heavy atom. The molecule has 0 spiro atoms. The van der Waals surface area contributed by atoms with Crippen LogP contribution in [0.2, 0.25) is 0 Å². The minimum absolute atomic E-state index is 0.0773. The average Bonchev–Trinajstić information content (AvgIpc) is 3.04. The molecule has 0 radical (unpaired) electrons. The van der Waals surface area contributed by atoms with Crippen LogP contribution in [0.1, 0.15) is 18.2 Å². The summed E-state index contributed by atoms with van der Waals surface area (Å²) >= 11 is 0. The van der Waals surface area contributed by atoms with Crippen molar-refractivity contribution >= 4 is 29.4 Å². The van der Waals surface area contributed by atoms with E-state index in [1.54, 1.807) is 27.0 Å². The summed E-state index contributed by atoms with van der Waals surface area (Å²) in [5, 5.41) is 9.72. The van der Waals surface area contributed by atoms with Crippen LogP contribution in [0, 0.1) is 6.92 Å². The van der Waals surface area contributed by atoms with E-state index in [0.717, 1.165) is 11.3 Å². The van der Waals surface area contributed by atoms with Crippen molar-refractivity contribution in [3.05, 3.63) is 53.7 Å². The van der Waals surface area contributed by atoms with Gasteiger partial charge in [-0.05, 0) is 31.5 Å². The van der Waals surface area contributed by atoms with Gasteiger partial charge in [0.05, 0.1) is 24.1 Å². The number of hydrogen-bond donors (Lipinski definition) is 2. The van der Waals surface area contributed by atoms with Crippen LogP contribution in [0.25, 0.3) is 0 Å². The SMILES string of the molecule is C=C1C(=O)N=C(n2nc(C)cc2NC(=O)NCc2ccc(OC)cc2)N=C1C. The van der Waals surface area contributed by atoms with Crippen LogP contribution in [-0.4, -0.2) is 40.5 Å². The van der Waals surface area contributed by atoms with E-state index >= 15 is 0 Å². The van der Waals surface area contributed by atoms with E-state index in [1.165, 1.54) is 4.68 Å². The number of urea groups is 1. The Labute approximate surface area is 161 Å². The molecule has 0 saturated heterocycles. The fraction of sp³-hybridized carbons (Fsp3) is 0.211. The molecule has 2 heterocycles. The average molecular weight is 380 g/mol. The van der Waals surface area contributed by atoms with E-state index in [9.17, 15) is 9.59 Å². The smallest absolute Gasteiger partial charge is 0.320 e. The van der Waals surface area contributed by atoms with Gasteiger partial charge in [-0.15, -0.1) is 0 Å². The summed E-state index contributed by atoms with van der Waals surface area (Å²) in [4.78, 5) is 32.3. The molecule has 1 aromatic heterocycles. The van der Waals surface area contributed by atoms with E-state index in [0.29, 0.717) is 23.8 Å². The fourth-order valence-corrected chi connectivity index (χ4v) is 2.48. The highest BCUT2D eigenvalue weighted by atomic mass is 16.5. The van der Waals surface area contributed by atoms with Crippen molar-refractivity contribution in [2.45, 2.75) is 20.4 Å². The van der Waals surface area contributed by atoms with Crippen LogP contribution in [0.15, 0.2) is 52.5 Å². The Balaban J connectivity index is 1.71. The lowest BCUT2D eigenvalue weighted by molar-refractivity contribution is -0.113. The van der Waals surface area contributed by atoms with Gasteiger partial charge in [0.15, 0.2) is 0 Å². The molecule has 3 amide bonds. The molecule has 0 unspecified atom stereocenters. The second kappa shape index (κ2) is 7.87. The largest absolute Gasteiger partial charge is 0.497 e. The zero-order valence-electron chi connectivity index (χ0n) is 15.8. The first-order valence-corrected chi connectivity index (χ1v) is 8.50. The molecule has 9 heteroatoms. The molecule has 28 heavy (non-hydrogen) atoms. The van der Waals surface area contributed by atoms with Gasteiger partial charge >= 0.3 is 6.03 Å². The van der Waals surface area contributed by atoms with E-state index in [-0.39, 0.29) is 11.5 Å². The van der Waals surface area contributed by atoms with Gasteiger partial charge in [0.1, 0.15) is 11.6 Å². The third-order valence-electron chi connectivity index (χ3n) is 4.04. The Hall–Kier alpha value is -3.75. The normalized spacial score (nSPS) is 13.7. The number of benzene rings is 1. The molecular weight excluding hydrogens is 360 g/mol. The van der Waals surface area contributed by atoms with E-state index in [1.807, 2.05) is 24.3 Å². The quantitative estimate of drug-likeness (QED) is 0.793. The second-order valence-corrected chi connectivity index (χ2v) is 6.13. The number of nitrogens with zero attached hydrogens (tertiary/aromatic N) is 4. The summed E-state index contributed by atoms with van der Waals surface area (Å²) in [7, 11) is 1.59. The standard InChI is InChI=1S/C19H20N6O3/c1-11-9-16(25(24-11)18-21-13(3)12(2)17(26)23-18)22-19(27)20-10-14-5-7-15(28-4)8-6-14/h5-9H,2,10H2,1,3-4H3,(H2,20,22,27). The van der Waals surface area contributed by atoms with Crippen LogP contribution in [0.4, 0.5) is 10.6 Å². The number of aliphatic imine (C=N–C) groups is 2. The number of methoxy groups -OCH3 is 1. The van der Waals surface area contributed by atoms with Crippen molar-refractivity contribution in [2.24, 2.45) is 9.98 Å². The molecule has 0 saturated carbocycles. The molecule has 1 aliphatic rings. The molecule has 1 aromatic carbocycles. The second-order valence-electron chi connectivity index (χ2n) is 6.13. The summed E-state index contributed by atoms with van der Waals surface area (Å²) < 4.78 is 6.42. The van der Waals surface area contributed by atoms with Crippen LogP contribution in [0.3, 0.4) is 0 Å². The summed E-state index contributed by atoms with van der Waals surface area (Å²) in [6.07, 6.45) is 0. The maximum Gasteiger partial charge on any atom is 0.320 e. The summed E-state index contributed by atoms with van der Waals surface area (Å²) in [5.41, 5.74) is 2.25. The molecule has 2 aromatic rings. The van der Waals surface area contributed by atoms with E-state index < -0.39 is 11.9 Å². The van der Waals surface area contributed by atoms with Crippen molar-refractivity contribution in [3.8, 4) is 5.75 Å². The zero-order chi connectivity index (χ0) is 20.3. The number of nitrogens with one attached hydrogen (secondary N) is 2. The first kappa shape index (κ1) is 19.0. The lowest BCUT2D eigenvalue weighted by Crippen LogP contribution is -2.31. The fourth-order valence-electron chi connectivity index (χ4n) is 2.48. The molecule has 1 aliphatic heterocycles. The maximum atomic E-state index is 12.3. The van der Waals surface area contributed by atoms with Crippen LogP contribution in [-0.2, 0) is 11.3 Å². The van der Waals surface area contributed by atoms with E-state index in [4.69, 9.17) is 4.74 Å². The van der Waals surface area contributed by atoms with Crippen molar-refractivity contribution in [3.63, 3.8) is 0 Å². The number of amides is 3.